The van der Waals surface area contributed by atoms with Crippen molar-refractivity contribution in [1.82, 2.24) is 20.4 Å². The zero-order chi connectivity index (χ0) is 15.8. The van der Waals surface area contributed by atoms with Crippen LogP contribution in [0.4, 0.5) is 0 Å². The Morgan fingerprint density at radius 1 is 1.26 bits per heavy atom. The van der Waals surface area contributed by atoms with E-state index in [1.165, 1.54) is 16.7 Å². The maximum Gasteiger partial charge on any atom is 0.191 e. The number of aryl methyl sites for hydroxylation is 3. The summed E-state index contributed by atoms with van der Waals surface area (Å²) in [5.41, 5.74) is 3.90. The molecule has 2 rings (SSSR count). The van der Waals surface area contributed by atoms with E-state index < -0.39 is 0 Å². The first kappa shape index (κ1) is 19.5. The van der Waals surface area contributed by atoms with Crippen LogP contribution < -0.4 is 10.6 Å². The predicted octanol–water partition coefficient (Wildman–Crippen LogP) is 2.87. The van der Waals surface area contributed by atoms with Gasteiger partial charge in [-0.1, -0.05) is 23.8 Å². The van der Waals surface area contributed by atoms with Gasteiger partial charge in [0.2, 0.25) is 0 Å². The number of aliphatic imine (C=N–C) groups is 1. The lowest BCUT2D eigenvalue weighted by Crippen LogP contribution is -2.37. The van der Waals surface area contributed by atoms with Crippen LogP contribution in [-0.2, 0) is 13.1 Å². The summed E-state index contributed by atoms with van der Waals surface area (Å²) in [4.78, 5) is 4.26. The lowest BCUT2D eigenvalue weighted by molar-refractivity contribution is 0.570. The summed E-state index contributed by atoms with van der Waals surface area (Å²) in [5.74, 6) is 0.834. The third kappa shape index (κ3) is 6.60. The number of halogens is 1. The maximum absolute atomic E-state index is 4.26. The van der Waals surface area contributed by atoms with Gasteiger partial charge in [-0.05, 0) is 37.5 Å². The van der Waals surface area contributed by atoms with Gasteiger partial charge in [-0.25, -0.2) is 0 Å². The number of hydrogen-bond donors (Lipinski definition) is 2. The van der Waals surface area contributed by atoms with Crippen molar-refractivity contribution in [2.45, 2.75) is 33.4 Å². The molecule has 0 fully saturated rings. The highest BCUT2D eigenvalue weighted by molar-refractivity contribution is 14.0. The second-order valence-electron chi connectivity index (χ2n) is 5.41. The molecule has 0 bridgehead atoms. The van der Waals surface area contributed by atoms with Crippen LogP contribution in [0.3, 0.4) is 0 Å². The van der Waals surface area contributed by atoms with E-state index in [1.807, 2.05) is 16.9 Å². The normalized spacial score (nSPS) is 11.0. The van der Waals surface area contributed by atoms with Crippen molar-refractivity contribution < 1.29 is 0 Å². The molecular formula is C17H26IN5. The van der Waals surface area contributed by atoms with Gasteiger partial charge in [-0.2, -0.15) is 5.10 Å². The van der Waals surface area contributed by atoms with Gasteiger partial charge in [0, 0.05) is 39.1 Å². The number of aromatic nitrogens is 2. The zero-order valence-electron chi connectivity index (χ0n) is 14.0. The molecule has 0 atom stereocenters. The van der Waals surface area contributed by atoms with Crippen LogP contribution in [0.2, 0.25) is 0 Å². The number of rotatable bonds is 6. The second kappa shape index (κ2) is 10.3. The van der Waals surface area contributed by atoms with Crippen molar-refractivity contribution in [2.24, 2.45) is 4.99 Å². The maximum atomic E-state index is 4.26. The molecule has 1 heterocycles. The summed E-state index contributed by atoms with van der Waals surface area (Å²) in [7, 11) is 1.80. The lowest BCUT2D eigenvalue weighted by atomic mass is 10.1. The third-order valence-electron chi connectivity index (χ3n) is 3.58. The molecule has 0 amide bonds. The van der Waals surface area contributed by atoms with Gasteiger partial charge in [0.05, 0.1) is 0 Å². The molecule has 0 aliphatic carbocycles. The molecule has 0 aliphatic heterocycles. The minimum atomic E-state index is 0. The average molecular weight is 427 g/mol. The number of benzene rings is 1. The number of hydrogen-bond acceptors (Lipinski definition) is 2. The highest BCUT2D eigenvalue weighted by atomic mass is 127. The number of nitrogens with one attached hydrogen (secondary N) is 2. The van der Waals surface area contributed by atoms with Crippen LogP contribution in [0, 0.1) is 13.8 Å². The van der Waals surface area contributed by atoms with E-state index in [0.717, 1.165) is 32.0 Å². The minimum Gasteiger partial charge on any atom is -0.356 e. The smallest absolute Gasteiger partial charge is 0.191 e. The molecule has 2 N–H and O–H groups in total. The lowest BCUT2D eigenvalue weighted by Gasteiger charge is -2.13. The topological polar surface area (TPSA) is 54.2 Å². The van der Waals surface area contributed by atoms with Crippen LogP contribution >= 0.6 is 24.0 Å². The van der Waals surface area contributed by atoms with E-state index in [0.29, 0.717) is 0 Å². The molecule has 0 aliphatic rings. The van der Waals surface area contributed by atoms with Gasteiger partial charge >= 0.3 is 0 Å². The summed E-state index contributed by atoms with van der Waals surface area (Å²) in [6.45, 7) is 6.82. The highest BCUT2D eigenvalue weighted by Gasteiger charge is 2.01. The molecule has 0 unspecified atom stereocenters. The van der Waals surface area contributed by atoms with Crippen molar-refractivity contribution in [3.8, 4) is 0 Å². The number of nitrogens with zero attached hydrogens (tertiary/aromatic N) is 3. The van der Waals surface area contributed by atoms with Crippen molar-refractivity contribution in [1.29, 1.82) is 0 Å². The summed E-state index contributed by atoms with van der Waals surface area (Å²) >= 11 is 0. The van der Waals surface area contributed by atoms with E-state index in [4.69, 9.17) is 0 Å². The molecule has 23 heavy (non-hydrogen) atoms. The van der Waals surface area contributed by atoms with Crippen molar-refractivity contribution in [3.63, 3.8) is 0 Å². The fraction of sp³-hybridized carbons (Fsp3) is 0.412. The summed E-state index contributed by atoms with van der Waals surface area (Å²) in [6, 6.07) is 8.46. The fourth-order valence-corrected chi connectivity index (χ4v) is 2.32. The van der Waals surface area contributed by atoms with E-state index in [-0.39, 0.29) is 24.0 Å². The molecule has 0 radical (unpaired) electrons. The van der Waals surface area contributed by atoms with Crippen LogP contribution in [0.25, 0.3) is 0 Å². The Balaban J connectivity index is 0.00000264. The molecule has 126 valence electrons. The Morgan fingerprint density at radius 2 is 2.09 bits per heavy atom. The van der Waals surface area contributed by atoms with E-state index in [9.17, 15) is 0 Å². The molecular weight excluding hydrogens is 401 g/mol. The molecule has 1 aromatic heterocycles. The molecule has 0 saturated carbocycles. The SMILES string of the molecule is CN=C(NCCCn1cccn1)NCc1ccc(C)cc1C.I. The Bertz CT molecular complexity index is 607. The highest BCUT2D eigenvalue weighted by Crippen LogP contribution is 2.09. The molecule has 2 aromatic rings. The Morgan fingerprint density at radius 3 is 2.74 bits per heavy atom. The van der Waals surface area contributed by atoms with Gasteiger partial charge in [-0.3, -0.25) is 9.67 Å². The summed E-state index contributed by atoms with van der Waals surface area (Å²) in [5, 5.41) is 10.9. The molecule has 5 nitrogen and oxygen atoms in total. The summed E-state index contributed by atoms with van der Waals surface area (Å²) in [6.07, 6.45) is 4.79. The molecule has 0 saturated heterocycles. The van der Waals surface area contributed by atoms with Crippen molar-refractivity contribution >= 4 is 29.9 Å². The third-order valence-corrected chi connectivity index (χ3v) is 3.58. The first-order valence-electron chi connectivity index (χ1n) is 7.67. The largest absolute Gasteiger partial charge is 0.356 e. The fourth-order valence-electron chi connectivity index (χ4n) is 2.32. The Hall–Kier alpha value is -1.57. The van der Waals surface area contributed by atoms with Crippen LogP contribution in [-0.4, -0.2) is 29.3 Å². The van der Waals surface area contributed by atoms with Crippen LogP contribution in [0.15, 0.2) is 41.7 Å². The first-order valence-corrected chi connectivity index (χ1v) is 7.67. The first-order chi connectivity index (χ1) is 10.7. The zero-order valence-corrected chi connectivity index (χ0v) is 16.4. The standard InChI is InChI=1S/C17H25N5.HI/c1-14-6-7-16(15(2)12-14)13-20-17(18-3)19-8-4-10-22-11-5-9-21-22;/h5-7,9,11-12H,4,8,10,13H2,1-3H3,(H2,18,19,20);1H. The van der Waals surface area contributed by atoms with Gasteiger partial charge in [0.1, 0.15) is 0 Å². The average Bonchev–Trinajstić information content (AvgIpc) is 3.01. The number of guanidine groups is 1. The quantitative estimate of drug-likeness (QED) is 0.323. The molecule has 6 heteroatoms. The van der Waals surface area contributed by atoms with Crippen molar-refractivity contribution in [2.75, 3.05) is 13.6 Å². The van der Waals surface area contributed by atoms with E-state index in [1.54, 1.807) is 13.2 Å². The molecule has 0 spiro atoms. The Labute approximate surface area is 155 Å². The predicted molar refractivity (Wildman–Crippen MR) is 106 cm³/mol. The molecule has 1 aromatic carbocycles. The van der Waals surface area contributed by atoms with E-state index >= 15 is 0 Å². The van der Waals surface area contributed by atoms with Crippen LogP contribution in [0.1, 0.15) is 23.1 Å². The monoisotopic (exact) mass is 427 g/mol. The summed E-state index contributed by atoms with van der Waals surface area (Å²) < 4.78 is 1.94. The van der Waals surface area contributed by atoms with Gasteiger partial charge in [0.25, 0.3) is 0 Å². The minimum absolute atomic E-state index is 0. The van der Waals surface area contributed by atoms with Gasteiger partial charge in [0.15, 0.2) is 5.96 Å². The van der Waals surface area contributed by atoms with E-state index in [2.05, 4.69) is 52.8 Å². The van der Waals surface area contributed by atoms with Gasteiger partial charge in [-0.15, -0.1) is 24.0 Å². The van der Waals surface area contributed by atoms with Crippen LogP contribution in [0.5, 0.6) is 0 Å². The van der Waals surface area contributed by atoms with Gasteiger partial charge < -0.3 is 10.6 Å². The second-order valence-corrected chi connectivity index (χ2v) is 5.41. The Kier molecular flexibility index (Phi) is 8.68. The van der Waals surface area contributed by atoms with Crippen molar-refractivity contribution in [3.05, 3.63) is 53.3 Å².